The van der Waals surface area contributed by atoms with E-state index in [1.807, 2.05) is 13.0 Å². The Morgan fingerprint density at radius 3 is 2.33 bits per heavy atom. The molecule has 0 aliphatic rings. The number of rotatable bonds is 4. The SMILES string of the molecule is CCc1ccc(CNc2cc(C)ccc2F)cc1. The quantitative estimate of drug-likeness (QED) is 0.843. The van der Waals surface area contributed by atoms with Crippen molar-refractivity contribution < 1.29 is 4.39 Å². The van der Waals surface area contributed by atoms with Crippen molar-refractivity contribution in [3.63, 3.8) is 0 Å². The summed E-state index contributed by atoms with van der Waals surface area (Å²) in [5, 5.41) is 3.13. The van der Waals surface area contributed by atoms with Crippen LogP contribution in [0.15, 0.2) is 42.5 Å². The van der Waals surface area contributed by atoms with E-state index in [-0.39, 0.29) is 5.82 Å². The molecule has 0 fully saturated rings. The molecule has 0 aliphatic heterocycles. The van der Waals surface area contributed by atoms with Crippen molar-refractivity contribution >= 4 is 5.69 Å². The van der Waals surface area contributed by atoms with Crippen molar-refractivity contribution in [1.82, 2.24) is 0 Å². The molecule has 0 heterocycles. The Balaban J connectivity index is 2.04. The van der Waals surface area contributed by atoms with Gasteiger partial charge in [0.15, 0.2) is 0 Å². The average molecular weight is 243 g/mol. The van der Waals surface area contributed by atoms with Gasteiger partial charge in [-0.05, 0) is 42.2 Å². The summed E-state index contributed by atoms with van der Waals surface area (Å²) >= 11 is 0. The van der Waals surface area contributed by atoms with Gasteiger partial charge < -0.3 is 5.32 Å². The van der Waals surface area contributed by atoms with Crippen LogP contribution in [0.2, 0.25) is 0 Å². The van der Waals surface area contributed by atoms with Gasteiger partial charge in [-0.2, -0.15) is 0 Å². The second kappa shape index (κ2) is 5.67. The van der Waals surface area contributed by atoms with Crippen molar-refractivity contribution in [3.8, 4) is 0 Å². The predicted octanol–water partition coefficient (Wildman–Crippen LogP) is 4.31. The van der Waals surface area contributed by atoms with Gasteiger partial charge in [0, 0.05) is 6.54 Å². The Hall–Kier alpha value is -1.83. The second-order valence-electron chi connectivity index (χ2n) is 4.51. The van der Waals surface area contributed by atoms with Gasteiger partial charge in [-0.3, -0.25) is 0 Å². The molecule has 18 heavy (non-hydrogen) atoms. The predicted molar refractivity (Wildman–Crippen MR) is 74.3 cm³/mol. The van der Waals surface area contributed by atoms with Crippen LogP contribution in [-0.4, -0.2) is 0 Å². The van der Waals surface area contributed by atoms with Crippen LogP contribution >= 0.6 is 0 Å². The molecule has 0 spiro atoms. The van der Waals surface area contributed by atoms with E-state index in [2.05, 4.69) is 36.5 Å². The summed E-state index contributed by atoms with van der Waals surface area (Å²) in [5.74, 6) is -0.203. The maximum absolute atomic E-state index is 13.5. The van der Waals surface area contributed by atoms with Crippen LogP contribution in [0.5, 0.6) is 0 Å². The molecule has 0 aromatic heterocycles. The fourth-order valence-corrected chi connectivity index (χ4v) is 1.86. The van der Waals surface area contributed by atoms with Crippen LogP contribution in [0, 0.1) is 12.7 Å². The first-order valence-electron chi connectivity index (χ1n) is 6.27. The number of anilines is 1. The minimum Gasteiger partial charge on any atom is -0.379 e. The van der Waals surface area contributed by atoms with E-state index in [1.165, 1.54) is 11.6 Å². The molecular formula is C16H18FN. The van der Waals surface area contributed by atoms with E-state index in [4.69, 9.17) is 0 Å². The maximum atomic E-state index is 13.5. The third-order valence-electron chi connectivity index (χ3n) is 3.04. The third-order valence-corrected chi connectivity index (χ3v) is 3.04. The first kappa shape index (κ1) is 12.6. The first-order valence-corrected chi connectivity index (χ1v) is 6.27. The van der Waals surface area contributed by atoms with Crippen molar-refractivity contribution in [2.45, 2.75) is 26.8 Å². The lowest BCUT2D eigenvalue weighted by Gasteiger charge is -2.09. The Morgan fingerprint density at radius 1 is 1.00 bits per heavy atom. The van der Waals surface area contributed by atoms with Crippen LogP contribution in [-0.2, 0) is 13.0 Å². The maximum Gasteiger partial charge on any atom is 0.146 e. The van der Waals surface area contributed by atoms with Gasteiger partial charge >= 0.3 is 0 Å². The lowest BCUT2D eigenvalue weighted by molar-refractivity contribution is 0.629. The lowest BCUT2D eigenvalue weighted by atomic mass is 10.1. The fraction of sp³-hybridized carbons (Fsp3) is 0.250. The number of nitrogens with one attached hydrogen (secondary N) is 1. The van der Waals surface area contributed by atoms with E-state index in [9.17, 15) is 4.39 Å². The number of hydrogen-bond donors (Lipinski definition) is 1. The van der Waals surface area contributed by atoms with Gasteiger partial charge in [0.25, 0.3) is 0 Å². The van der Waals surface area contributed by atoms with Crippen LogP contribution in [0.1, 0.15) is 23.6 Å². The zero-order chi connectivity index (χ0) is 13.0. The van der Waals surface area contributed by atoms with E-state index in [0.29, 0.717) is 12.2 Å². The molecule has 0 saturated heterocycles. The third kappa shape index (κ3) is 3.10. The summed E-state index contributed by atoms with van der Waals surface area (Å²) in [7, 11) is 0. The normalized spacial score (nSPS) is 10.4. The average Bonchev–Trinajstić information content (AvgIpc) is 2.40. The topological polar surface area (TPSA) is 12.0 Å². The zero-order valence-corrected chi connectivity index (χ0v) is 10.8. The highest BCUT2D eigenvalue weighted by molar-refractivity contribution is 5.47. The van der Waals surface area contributed by atoms with E-state index in [0.717, 1.165) is 17.5 Å². The molecule has 1 N–H and O–H groups in total. The number of halogens is 1. The molecule has 2 aromatic carbocycles. The second-order valence-corrected chi connectivity index (χ2v) is 4.51. The minimum absolute atomic E-state index is 0.203. The van der Waals surface area contributed by atoms with Crippen molar-refractivity contribution in [3.05, 3.63) is 65.0 Å². The summed E-state index contributed by atoms with van der Waals surface area (Å²) in [6.45, 7) is 4.74. The van der Waals surface area contributed by atoms with Gasteiger partial charge in [0.05, 0.1) is 5.69 Å². The molecule has 1 nitrogen and oxygen atoms in total. The number of aryl methyl sites for hydroxylation is 2. The van der Waals surface area contributed by atoms with Gasteiger partial charge in [0.1, 0.15) is 5.82 Å². The summed E-state index contributed by atoms with van der Waals surface area (Å²) < 4.78 is 13.5. The highest BCUT2D eigenvalue weighted by Crippen LogP contribution is 2.16. The molecule has 2 heteroatoms. The number of hydrogen-bond acceptors (Lipinski definition) is 1. The van der Waals surface area contributed by atoms with E-state index < -0.39 is 0 Å². The van der Waals surface area contributed by atoms with Gasteiger partial charge in [-0.15, -0.1) is 0 Å². The standard InChI is InChI=1S/C16H18FN/c1-3-13-5-7-14(8-6-13)11-18-16-10-12(2)4-9-15(16)17/h4-10,18H,3,11H2,1-2H3. The molecule has 0 aliphatic carbocycles. The molecule has 0 saturated carbocycles. The highest BCUT2D eigenvalue weighted by Gasteiger charge is 2.01. The van der Waals surface area contributed by atoms with Crippen LogP contribution < -0.4 is 5.32 Å². The summed E-state index contributed by atoms with van der Waals surface area (Å²) in [5.41, 5.74) is 4.10. The van der Waals surface area contributed by atoms with Crippen molar-refractivity contribution in [2.24, 2.45) is 0 Å². The van der Waals surface area contributed by atoms with Crippen LogP contribution in [0.25, 0.3) is 0 Å². The molecule has 0 bridgehead atoms. The van der Waals surface area contributed by atoms with Crippen LogP contribution in [0.3, 0.4) is 0 Å². The fourth-order valence-electron chi connectivity index (χ4n) is 1.86. The van der Waals surface area contributed by atoms with Crippen molar-refractivity contribution in [2.75, 3.05) is 5.32 Å². The summed E-state index contributed by atoms with van der Waals surface area (Å²) in [6, 6.07) is 13.5. The molecule has 0 atom stereocenters. The molecule has 94 valence electrons. The van der Waals surface area contributed by atoms with Crippen molar-refractivity contribution in [1.29, 1.82) is 0 Å². The molecule has 0 radical (unpaired) electrons. The number of benzene rings is 2. The molecule has 0 amide bonds. The van der Waals surface area contributed by atoms with Gasteiger partial charge in [-0.1, -0.05) is 37.3 Å². The van der Waals surface area contributed by atoms with Crippen LogP contribution in [0.4, 0.5) is 10.1 Å². The smallest absolute Gasteiger partial charge is 0.146 e. The Morgan fingerprint density at radius 2 is 1.67 bits per heavy atom. The molecule has 0 unspecified atom stereocenters. The lowest BCUT2D eigenvalue weighted by Crippen LogP contribution is -2.01. The summed E-state index contributed by atoms with van der Waals surface area (Å²) in [4.78, 5) is 0. The van der Waals surface area contributed by atoms with E-state index >= 15 is 0 Å². The molecule has 2 aromatic rings. The van der Waals surface area contributed by atoms with Gasteiger partial charge in [-0.25, -0.2) is 4.39 Å². The molecule has 2 rings (SSSR count). The zero-order valence-electron chi connectivity index (χ0n) is 10.8. The Labute approximate surface area is 108 Å². The largest absolute Gasteiger partial charge is 0.379 e. The summed E-state index contributed by atoms with van der Waals surface area (Å²) in [6.07, 6.45) is 1.04. The van der Waals surface area contributed by atoms with E-state index in [1.54, 1.807) is 6.07 Å². The Kier molecular flexibility index (Phi) is 3.98. The minimum atomic E-state index is -0.203. The monoisotopic (exact) mass is 243 g/mol. The highest BCUT2D eigenvalue weighted by atomic mass is 19.1. The first-order chi connectivity index (χ1) is 8.69. The van der Waals surface area contributed by atoms with Gasteiger partial charge in [0.2, 0.25) is 0 Å². The Bertz CT molecular complexity index is 517. The molecular weight excluding hydrogens is 225 g/mol.